The van der Waals surface area contributed by atoms with Crippen LogP contribution in [0.3, 0.4) is 0 Å². The molecular formula is C15H23NO4. The molecule has 1 aromatic carbocycles. The summed E-state index contributed by atoms with van der Waals surface area (Å²) in [6.45, 7) is 4.26. The van der Waals surface area contributed by atoms with Gasteiger partial charge in [-0.3, -0.25) is 4.79 Å². The lowest BCUT2D eigenvalue weighted by Gasteiger charge is -2.21. The number of nitrogens with zero attached hydrogens (tertiary/aromatic N) is 1. The van der Waals surface area contributed by atoms with Crippen LogP contribution in [0.4, 0.5) is 0 Å². The highest BCUT2D eigenvalue weighted by molar-refractivity contribution is 5.77. The first-order valence-corrected chi connectivity index (χ1v) is 6.48. The number of hydrogen-bond donors (Lipinski definition) is 0. The second-order valence-electron chi connectivity index (χ2n) is 4.88. The Morgan fingerprint density at radius 3 is 1.95 bits per heavy atom. The summed E-state index contributed by atoms with van der Waals surface area (Å²) in [5, 5.41) is 0. The molecule has 0 spiro atoms. The predicted octanol–water partition coefficient (Wildman–Crippen LogP) is 2.33. The Bertz CT molecular complexity index is 446. The molecule has 0 bridgehead atoms. The van der Waals surface area contributed by atoms with Crippen LogP contribution in [0.25, 0.3) is 0 Å². The van der Waals surface area contributed by atoms with E-state index < -0.39 is 0 Å². The van der Waals surface area contributed by atoms with Gasteiger partial charge in [0.25, 0.3) is 0 Å². The highest BCUT2D eigenvalue weighted by Crippen LogP contribution is 2.38. The molecule has 112 valence electrons. The minimum Gasteiger partial charge on any atom is -0.493 e. The van der Waals surface area contributed by atoms with Gasteiger partial charge in [-0.1, -0.05) is 13.8 Å². The van der Waals surface area contributed by atoms with Crippen LogP contribution in [0, 0.1) is 5.92 Å². The fourth-order valence-corrected chi connectivity index (χ4v) is 2.02. The Hall–Kier alpha value is -1.91. The van der Waals surface area contributed by atoms with Gasteiger partial charge in [0, 0.05) is 19.5 Å². The molecule has 0 saturated heterocycles. The van der Waals surface area contributed by atoms with Gasteiger partial charge in [-0.05, 0) is 17.7 Å². The van der Waals surface area contributed by atoms with Crippen LogP contribution in [0.1, 0.15) is 19.4 Å². The minimum atomic E-state index is -0.0259. The van der Waals surface area contributed by atoms with Gasteiger partial charge in [0.05, 0.1) is 21.3 Å². The molecule has 1 rings (SSSR count). The first-order chi connectivity index (χ1) is 9.44. The molecule has 0 radical (unpaired) electrons. The standard InChI is InChI=1S/C15H23NO4/c1-10(2)15(17)16(3)9-11-7-12(18-4)14(20-6)13(8-11)19-5/h7-8,10H,9H2,1-6H3. The van der Waals surface area contributed by atoms with E-state index in [2.05, 4.69) is 0 Å². The summed E-state index contributed by atoms with van der Waals surface area (Å²) in [7, 11) is 6.49. The monoisotopic (exact) mass is 281 g/mol. The molecule has 0 saturated carbocycles. The summed E-state index contributed by atoms with van der Waals surface area (Å²) in [5.74, 6) is 1.80. The van der Waals surface area contributed by atoms with Gasteiger partial charge in [0.15, 0.2) is 11.5 Å². The minimum absolute atomic E-state index is 0.0259. The van der Waals surface area contributed by atoms with Crippen LogP contribution in [0.5, 0.6) is 17.2 Å². The van der Waals surface area contributed by atoms with E-state index in [1.165, 1.54) is 0 Å². The van der Waals surface area contributed by atoms with Crippen LogP contribution in [0.2, 0.25) is 0 Å². The number of carbonyl (C=O) groups is 1. The Morgan fingerprint density at radius 1 is 1.10 bits per heavy atom. The molecule has 0 aromatic heterocycles. The quantitative estimate of drug-likeness (QED) is 0.803. The zero-order valence-electron chi connectivity index (χ0n) is 13.0. The molecule has 5 nitrogen and oxygen atoms in total. The molecule has 20 heavy (non-hydrogen) atoms. The first-order valence-electron chi connectivity index (χ1n) is 6.48. The van der Waals surface area contributed by atoms with Crippen molar-refractivity contribution in [1.29, 1.82) is 0 Å². The van der Waals surface area contributed by atoms with Gasteiger partial charge in [0.2, 0.25) is 11.7 Å². The summed E-state index contributed by atoms with van der Waals surface area (Å²) < 4.78 is 15.9. The van der Waals surface area contributed by atoms with Gasteiger partial charge in [-0.2, -0.15) is 0 Å². The van der Waals surface area contributed by atoms with Crippen LogP contribution in [-0.4, -0.2) is 39.2 Å². The van der Waals surface area contributed by atoms with E-state index in [0.29, 0.717) is 23.8 Å². The molecule has 0 heterocycles. The lowest BCUT2D eigenvalue weighted by molar-refractivity contribution is -0.133. The zero-order valence-corrected chi connectivity index (χ0v) is 13.0. The molecule has 1 amide bonds. The summed E-state index contributed by atoms with van der Waals surface area (Å²) in [4.78, 5) is 13.6. The third-order valence-corrected chi connectivity index (χ3v) is 3.01. The van der Waals surface area contributed by atoms with Gasteiger partial charge in [-0.15, -0.1) is 0 Å². The third kappa shape index (κ3) is 3.56. The van der Waals surface area contributed by atoms with Crippen molar-refractivity contribution in [2.24, 2.45) is 5.92 Å². The third-order valence-electron chi connectivity index (χ3n) is 3.01. The fourth-order valence-electron chi connectivity index (χ4n) is 2.02. The molecule has 0 N–H and O–H groups in total. The summed E-state index contributed by atoms with van der Waals surface area (Å²) >= 11 is 0. The Balaban J connectivity index is 3.05. The average Bonchev–Trinajstić information content (AvgIpc) is 2.44. The van der Waals surface area contributed by atoms with Crippen LogP contribution >= 0.6 is 0 Å². The highest BCUT2D eigenvalue weighted by atomic mass is 16.5. The molecule has 1 aromatic rings. The number of amides is 1. The van der Waals surface area contributed by atoms with Crippen molar-refractivity contribution in [2.45, 2.75) is 20.4 Å². The molecule has 5 heteroatoms. The Kier molecular flexibility index (Phi) is 5.67. The van der Waals surface area contributed by atoms with E-state index in [-0.39, 0.29) is 11.8 Å². The van der Waals surface area contributed by atoms with E-state index in [4.69, 9.17) is 14.2 Å². The number of benzene rings is 1. The molecule has 0 unspecified atom stereocenters. The first kappa shape index (κ1) is 16.1. The van der Waals surface area contributed by atoms with Crippen LogP contribution < -0.4 is 14.2 Å². The van der Waals surface area contributed by atoms with Crippen molar-refractivity contribution in [2.75, 3.05) is 28.4 Å². The van der Waals surface area contributed by atoms with Crippen molar-refractivity contribution in [1.82, 2.24) is 4.90 Å². The topological polar surface area (TPSA) is 48.0 Å². The van der Waals surface area contributed by atoms with E-state index in [1.54, 1.807) is 33.3 Å². The molecule has 0 aliphatic heterocycles. The van der Waals surface area contributed by atoms with Gasteiger partial charge in [-0.25, -0.2) is 0 Å². The van der Waals surface area contributed by atoms with Gasteiger partial charge < -0.3 is 19.1 Å². The second kappa shape index (κ2) is 7.03. The van der Waals surface area contributed by atoms with Gasteiger partial charge >= 0.3 is 0 Å². The fraction of sp³-hybridized carbons (Fsp3) is 0.533. The van der Waals surface area contributed by atoms with Gasteiger partial charge in [0.1, 0.15) is 0 Å². The molecular weight excluding hydrogens is 258 g/mol. The normalized spacial score (nSPS) is 10.3. The van der Waals surface area contributed by atoms with E-state index >= 15 is 0 Å². The zero-order chi connectivity index (χ0) is 15.3. The highest BCUT2D eigenvalue weighted by Gasteiger charge is 2.17. The molecule has 0 fully saturated rings. The van der Waals surface area contributed by atoms with Crippen molar-refractivity contribution in [3.8, 4) is 17.2 Å². The summed E-state index contributed by atoms with van der Waals surface area (Å²) in [6.07, 6.45) is 0. The predicted molar refractivity (Wildman–Crippen MR) is 77.4 cm³/mol. The number of methoxy groups -OCH3 is 3. The van der Waals surface area contributed by atoms with Crippen molar-refractivity contribution in [3.05, 3.63) is 17.7 Å². The maximum atomic E-state index is 11.9. The number of ether oxygens (including phenoxy) is 3. The maximum absolute atomic E-state index is 11.9. The summed E-state index contributed by atoms with van der Waals surface area (Å²) in [5.41, 5.74) is 0.927. The van der Waals surface area contributed by atoms with Crippen LogP contribution in [-0.2, 0) is 11.3 Å². The lowest BCUT2D eigenvalue weighted by atomic mass is 10.1. The second-order valence-corrected chi connectivity index (χ2v) is 4.88. The number of rotatable bonds is 6. The van der Waals surface area contributed by atoms with E-state index in [9.17, 15) is 4.79 Å². The van der Waals surface area contributed by atoms with Crippen LogP contribution in [0.15, 0.2) is 12.1 Å². The lowest BCUT2D eigenvalue weighted by Crippen LogP contribution is -2.29. The Labute approximate surface area is 120 Å². The average molecular weight is 281 g/mol. The SMILES string of the molecule is COc1cc(CN(C)C(=O)C(C)C)cc(OC)c1OC. The smallest absolute Gasteiger partial charge is 0.225 e. The molecule has 0 aliphatic carbocycles. The summed E-state index contributed by atoms with van der Waals surface area (Å²) in [6, 6.07) is 3.71. The largest absolute Gasteiger partial charge is 0.493 e. The van der Waals surface area contributed by atoms with Crippen molar-refractivity contribution < 1.29 is 19.0 Å². The van der Waals surface area contributed by atoms with E-state index in [1.807, 2.05) is 26.0 Å². The molecule has 0 aliphatic rings. The van der Waals surface area contributed by atoms with E-state index in [0.717, 1.165) is 5.56 Å². The number of hydrogen-bond acceptors (Lipinski definition) is 4. The maximum Gasteiger partial charge on any atom is 0.225 e. The molecule has 0 atom stereocenters. The Morgan fingerprint density at radius 2 is 1.60 bits per heavy atom. The van der Waals surface area contributed by atoms with Crippen molar-refractivity contribution in [3.63, 3.8) is 0 Å². The van der Waals surface area contributed by atoms with Crippen molar-refractivity contribution >= 4 is 5.91 Å². The number of carbonyl (C=O) groups excluding carboxylic acids is 1.